The zero-order valence-corrected chi connectivity index (χ0v) is 11.6. The predicted molar refractivity (Wildman–Crippen MR) is 74.0 cm³/mol. The summed E-state index contributed by atoms with van der Waals surface area (Å²) in [5.74, 6) is 2.89. The third kappa shape index (κ3) is 3.59. The summed E-state index contributed by atoms with van der Waals surface area (Å²) in [4.78, 5) is 4.38. The van der Waals surface area contributed by atoms with E-state index in [2.05, 4.69) is 10.3 Å². The molecule has 0 saturated heterocycles. The van der Waals surface area contributed by atoms with Crippen molar-refractivity contribution in [3.05, 3.63) is 23.9 Å². The summed E-state index contributed by atoms with van der Waals surface area (Å²) >= 11 is 5.98. The number of rotatable bonds is 6. The highest BCUT2D eigenvalue weighted by Crippen LogP contribution is 2.31. The van der Waals surface area contributed by atoms with Gasteiger partial charge in [-0.15, -0.1) is 11.6 Å². The molecule has 1 aliphatic carbocycles. The van der Waals surface area contributed by atoms with Crippen LogP contribution in [0.4, 0.5) is 0 Å². The Labute approximate surface area is 114 Å². The van der Waals surface area contributed by atoms with Crippen LogP contribution in [0.25, 0.3) is 0 Å². The van der Waals surface area contributed by atoms with Crippen LogP contribution in [0.3, 0.4) is 0 Å². The van der Waals surface area contributed by atoms with Crippen LogP contribution in [0.1, 0.15) is 25.0 Å². The molecule has 1 aliphatic rings. The minimum atomic E-state index is 0.675. The van der Waals surface area contributed by atoms with Gasteiger partial charge in [0.25, 0.3) is 0 Å². The van der Waals surface area contributed by atoms with E-state index < -0.39 is 0 Å². The van der Waals surface area contributed by atoms with Gasteiger partial charge in [-0.3, -0.25) is 0 Å². The fourth-order valence-corrected chi connectivity index (χ4v) is 3.05. The van der Waals surface area contributed by atoms with Crippen LogP contribution in [-0.4, -0.2) is 24.5 Å². The fourth-order valence-electron chi connectivity index (χ4n) is 2.64. The number of hydrogen-bond donors (Lipinski definition) is 1. The van der Waals surface area contributed by atoms with E-state index in [1.54, 1.807) is 7.11 Å². The van der Waals surface area contributed by atoms with Crippen LogP contribution in [0.2, 0.25) is 0 Å². The molecular formula is C14H21ClN2O. The second-order valence-corrected chi connectivity index (χ2v) is 5.22. The highest BCUT2D eigenvalue weighted by Gasteiger charge is 2.25. The van der Waals surface area contributed by atoms with Gasteiger partial charge >= 0.3 is 0 Å². The van der Waals surface area contributed by atoms with E-state index in [0.29, 0.717) is 11.8 Å². The summed E-state index contributed by atoms with van der Waals surface area (Å²) in [5, 5.41) is 3.48. The van der Waals surface area contributed by atoms with Gasteiger partial charge in [-0.1, -0.05) is 12.5 Å². The maximum absolute atomic E-state index is 5.98. The molecule has 0 radical (unpaired) electrons. The van der Waals surface area contributed by atoms with Gasteiger partial charge in [0.2, 0.25) is 5.88 Å². The molecule has 18 heavy (non-hydrogen) atoms. The van der Waals surface area contributed by atoms with Gasteiger partial charge in [-0.2, -0.15) is 0 Å². The Bertz CT molecular complexity index is 373. The van der Waals surface area contributed by atoms with Gasteiger partial charge < -0.3 is 10.1 Å². The molecule has 4 heteroatoms. The van der Waals surface area contributed by atoms with E-state index in [1.165, 1.54) is 19.3 Å². The van der Waals surface area contributed by atoms with Gasteiger partial charge in [-0.05, 0) is 37.3 Å². The van der Waals surface area contributed by atoms with Crippen molar-refractivity contribution in [1.82, 2.24) is 10.3 Å². The Morgan fingerprint density at radius 3 is 3.00 bits per heavy atom. The standard InChI is InChI=1S/C14H21ClN2O/c1-18-14-7-3-6-13(17-14)10-16-9-12-5-2-4-11(12)8-15/h3,6-7,11-12,16H,2,4-5,8-10H2,1H3. The van der Waals surface area contributed by atoms with E-state index in [9.17, 15) is 0 Å². The second kappa shape index (κ2) is 6.95. The number of ether oxygens (including phenoxy) is 1. The minimum Gasteiger partial charge on any atom is -0.481 e. The predicted octanol–water partition coefficient (Wildman–Crippen LogP) is 2.83. The smallest absolute Gasteiger partial charge is 0.213 e. The quantitative estimate of drug-likeness (QED) is 0.806. The first-order chi connectivity index (χ1) is 8.83. The number of pyridine rings is 1. The van der Waals surface area contributed by atoms with Crippen molar-refractivity contribution in [2.45, 2.75) is 25.8 Å². The number of alkyl halides is 1. The van der Waals surface area contributed by atoms with Crippen LogP contribution in [0, 0.1) is 11.8 Å². The average molecular weight is 269 g/mol. The van der Waals surface area contributed by atoms with E-state index in [-0.39, 0.29) is 0 Å². The number of nitrogens with one attached hydrogen (secondary N) is 1. The summed E-state index contributed by atoms with van der Waals surface area (Å²) in [6.45, 7) is 1.83. The van der Waals surface area contributed by atoms with E-state index in [1.807, 2.05) is 18.2 Å². The normalized spacial score (nSPS) is 23.2. The number of nitrogens with zero attached hydrogens (tertiary/aromatic N) is 1. The Hall–Kier alpha value is -0.800. The third-order valence-electron chi connectivity index (χ3n) is 3.72. The monoisotopic (exact) mass is 268 g/mol. The van der Waals surface area contributed by atoms with Crippen molar-refractivity contribution in [2.24, 2.45) is 11.8 Å². The zero-order chi connectivity index (χ0) is 12.8. The molecule has 2 atom stereocenters. The molecule has 2 rings (SSSR count). The van der Waals surface area contributed by atoms with Crippen molar-refractivity contribution in [2.75, 3.05) is 19.5 Å². The fraction of sp³-hybridized carbons (Fsp3) is 0.643. The molecule has 0 amide bonds. The molecule has 1 aromatic heterocycles. The molecule has 100 valence electrons. The Morgan fingerprint density at radius 2 is 2.22 bits per heavy atom. The summed E-state index contributed by atoms with van der Waals surface area (Å²) < 4.78 is 5.11. The summed E-state index contributed by atoms with van der Waals surface area (Å²) in [7, 11) is 1.64. The van der Waals surface area contributed by atoms with Crippen LogP contribution in [-0.2, 0) is 6.54 Å². The lowest BCUT2D eigenvalue weighted by atomic mass is 9.98. The lowest BCUT2D eigenvalue weighted by Gasteiger charge is -2.17. The Kier molecular flexibility index (Phi) is 5.26. The van der Waals surface area contributed by atoms with Crippen molar-refractivity contribution >= 4 is 11.6 Å². The lowest BCUT2D eigenvalue weighted by Crippen LogP contribution is -2.26. The topological polar surface area (TPSA) is 34.1 Å². The first-order valence-corrected chi connectivity index (χ1v) is 7.13. The zero-order valence-electron chi connectivity index (χ0n) is 10.9. The van der Waals surface area contributed by atoms with Crippen molar-refractivity contribution in [3.8, 4) is 5.88 Å². The maximum Gasteiger partial charge on any atom is 0.213 e. The van der Waals surface area contributed by atoms with Gasteiger partial charge in [0, 0.05) is 18.5 Å². The van der Waals surface area contributed by atoms with Crippen LogP contribution >= 0.6 is 11.6 Å². The highest BCUT2D eigenvalue weighted by molar-refractivity contribution is 6.18. The lowest BCUT2D eigenvalue weighted by molar-refractivity contribution is 0.387. The number of methoxy groups -OCH3 is 1. The summed E-state index contributed by atoms with van der Waals surface area (Å²) in [6.07, 6.45) is 3.91. The maximum atomic E-state index is 5.98. The van der Waals surface area contributed by atoms with E-state index >= 15 is 0 Å². The SMILES string of the molecule is COc1cccc(CNCC2CCCC2CCl)n1. The first-order valence-electron chi connectivity index (χ1n) is 6.60. The molecule has 1 saturated carbocycles. The molecule has 1 aromatic rings. The van der Waals surface area contributed by atoms with Crippen LogP contribution < -0.4 is 10.1 Å². The number of hydrogen-bond acceptors (Lipinski definition) is 3. The third-order valence-corrected chi connectivity index (χ3v) is 4.11. The van der Waals surface area contributed by atoms with E-state index in [4.69, 9.17) is 16.3 Å². The van der Waals surface area contributed by atoms with Gasteiger partial charge in [0.05, 0.1) is 12.8 Å². The number of aromatic nitrogens is 1. The van der Waals surface area contributed by atoms with Crippen molar-refractivity contribution < 1.29 is 4.74 Å². The number of halogens is 1. The van der Waals surface area contributed by atoms with Crippen molar-refractivity contribution in [1.29, 1.82) is 0 Å². The Balaban J connectivity index is 1.77. The van der Waals surface area contributed by atoms with Gasteiger partial charge in [-0.25, -0.2) is 4.98 Å². The van der Waals surface area contributed by atoms with Gasteiger partial charge in [0.1, 0.15) is 0 Å². The average Bonchev–Trinajstić information content (AvgIpc) is 2.86. The molecule has 2 unspecified atom stereocenters. The largest absolute Gasteiger partial charge is 0.481 e. The molecule has 1 fully saturated rings. The Morgan fingerprint density at radius 1 is 1.39 bits per heavy atom. The molecule has 0 spiro atoms. The second-order valence-electron chi connectivity index (χ2n) is 4.91. The molecule has 1 heterocycles. The molecule has 0 aliphatic heterocycles. The van der Waals surface area contributed by atoms with Crippen LogP contribution in [0.15, 0.2) is 18.2 Å². The highest BCUT2D eigenvalue weighted by atomic mass is 35.5. The molecule has 0 aromatic carbocycles. The van der Waals surface area contributed by atoms with Crippen LogP contribution in [0.5, 0.6) is 5.88 Å². The first kappa shape index (κ1) is 13.6. The minimum absolute atomic E-state index is 0.675. The molecule has 3 nitrogen and oxygen atoms in total. The van der Waals surface area contributed by atoms with Gasteiger partial charge in [0.15, 0.2) is 0 Å². The molecular weight excluding hydrogens is 248 g/mol. The molecule has 1 N–H and O–H groups in total. The summed E-state index contributed by atoms with van der Waals surface area (Å²) in [6, 6.07) is 5.85. The van der Waals surface area contributed by atoms with E-state index in [0.717, 1.165) is 30.6 Å². The van der Waals surface area contributed by atoms with Crippen molar-refractivity contribution in [3.63, 3.8) is 0 Å². The summed E-state index contributed by atoms with van der Waals surface area (Å²) in [5.41, 5.74) is 1.02. The molecule has 0 bridgehead atoms.